The first-order valence-electron chi connectivity index (χ1n) is 9.99. The number of rotatable bonds is 8. The second-order valence-electron chi connectivity index (χ2n) is 7.57. The van der Waals surface area contributed by atoms with Gasteiger partial charge < -0.3 is 15.2 Å². The lowest BCUT2D eigenvalue weighted by atomic mass is 10.0. The zero-order valence-electron chi connectivity index (χ0n) is 18.1. The Bertz CT molecular complexity index is 1150. The second-order valence-corrected chi connectivity index (χ2v) is 10.6. The molecule has 0 saturated heterocycles. The molecule has 0 saturated carbocycles. The van der Waals surface area contributed by atoms with Gasteiger partial charge >= 0.3 is 0 Å². The van der Waals surface area contributed by atoms with Crippen LogP contribution in [0.5, 0.6) is 0 Å². The second kappa shape index (κ2) is 11.5. The summed E-state index contributed by atoms with van der Waals surface area (Å²) in [5, 5.41) is 15.6. The van der Waals surface area contributed by atoms with E-state index in [1.54, 1.807) is 16.7 Å². The molecule has 2 N–H and O–H groups in total. The number of amides is 2. The summed E-state index contributed by atoms with van der Waals surface area (Å²) in [6.45, 7) is 3.96. The first kappa shape index (κ1) is 25.8. The van der Waals surface area contributed by atoms with Gasteiger partial charge in [0.2, 0.25) is 5.91 Å². The Morgan fingerprint density at radius 1 is 1.09 bits per heavy atom. The fourth-order valence-corrected chi connectivity index (χ4v) is 4.35. The van der Waals surface area contributed by atoms with Crippen molar-refractivity contribution in [2.24, 2.45) is 13.0 Å². The fraction of sp³-hybridized carbons (Fsp3) is 0.273. The van der Waals surface area contributed by atoms with Gasteiger partial charge in [-0.15, -0.1) is 10.2 Å². The third kappa shape index (κ3) is 6.84. The van der Waals surface area contributed by atoms with E-state index < -0.39 is 0 Å². The minimum Gasteiger partial charge on any atom is -0.342 e. The van der Waals surface area contributed by atoms with Crippen LogP contribution in [-0.4, -0.2) is 32.3 Å². The number of nitrogens with one attached hydrogen (secondary N) is 2. The number of hydrogen-bond donors (Lipinski definition) is 2. The van der Waals surface area contributed by atoms with E-state index in [1.807, 2.05) is 45.2 Å². The van der Waals surface area contributed by atoms with E-state index in [0.717, 1.165) is 9.26 Å². The van der Waals surface area contributed by atoms with Crippen LogP contribution in [0.3, 0.4) is 0 Å². The Morgan fingerprint density at radius 3 is 2.42 bits per heavy atom. The smallest absolute Gasteiger partial charge is 0.251 e. The highest BCUT2D eigenvalue weighted by Crippen LogP contribution is 2.26. The molecule has 0 aliphatic rings. The van der Waals surface area contributed by atoms with Crippen molar-refractivity contribution >= 4 is 75.1 Å². The molecule has 0 radical (unpaired) electrons. The average Bonchev–Trinajstić information content (AvgIpc) is 3.13. The minimum absolute atomic E-state index is 0.0432. The van der Waals surface area contributed by atoms with Crippen molar-refractivity contribution in [1.82, 2.24) is 20.1 Å². The van der Waals surface area contributed by atoms with Crippen molar-refractivity contribution in [3.05, 3.63) is 67.5 Å². The van der Waals surface area contributed by atoms with Crippen LogP contribution in [0.1, 0.15) is 36.1 Å². The van der Waals surface area contributed by atoms with Crippen molar-refractivity contribution in [3.8, 4) is 0 Å². The molecule has 0 bridgehead atoms. The first-order chi connectivity index (χ1) is 15.7. The van der Waals surface area contributed by atoms with Gasteiger partial charge in [-0.3, -0.25) is 9.59 Å². The van der Waals surface area contributed by atoms with Crippen molar-refractivity contribution in [2.45, 2.75) is 25.0 Å². The Balaban J connectivity index is 1.67. The Labute approximate surface area is 220 Å². The number of hydrogen-bond acceptors (Lipinski definition) is 5. The molecule has 2 amide bonds. The highest BCUT2D eigenvalue weighted by Gasteiger charge is 2.25. The van der Waals surface area contributed by atoms with E-state index in [9.17, 15) is 9.59 Å². The highest BCUT2D eigenvalue weighted by molar-refractivity contribution is 14.1. The van der Waals surface area contributed by atoms with Crippen molar-refractivity contribution < 1.29 is 9.59 Å². The van der Waals surface area contributed by atoms with Gasteiger partial charge in [-0.25, -0.2) is 0 Å². The van der Waals surface area contributed by atoms with Crippen LogP contribution in [0.2, 0.25) is 10.0 Å². The average molecular weight is 618 g/mol. The Hall–Kier alpha value is -1.82. The van der Waals surface area contributed by atoms with Crippen LogP contribution in [-0.2, 0) is 11.8 Å². The molecule has 174 valence electrons. The van der Waals surface area contributed by atoms with Gasteiger partial charge in [0, 0.05) is 21.9 Å². The number of aromatic nitrogens is 3. The fourth-order valence-electron chi connectivity index (χ4n) is 2.97. The molecule has 0 aliphatic heterocycles. The number of benzene rings is 2. The third-order valence-corrected chi connectivity index (χ3v) is 7.22. The van der Waals surface area contributed by atoms with Crippen LogP contribution < -0.4 is 10.6 Å². The van der Waals surface area contributed by atoms with Gasteiger partial charge in [0.25, 0.3) is 5.91 Å². The van der Waals surface area contributed by atoms with Crippen molar-refractivity contribution in [2.75, 3.05) is 11.1 Å². The summed E-state index contributed by atoms with van der Waals surface area (Å²) in [5.74, 6) is 0.390. The summed E-state index contributed by atoms with van der Waals surface area (Å²) in [6, 6.07) is 11.9. The molecule has 3 rings (SSSR count). The number of anilines is 1. The zero-order valence-corrected chi connectivity index (χ0v) is 22.6. The third-order valence-electron chi connectivity index (χ3n) is 4.74. The van der Waals surface area contributed by atoms with Gasteiger partial charge in [-0.05, 0) is 71.0 Å². The van der Waals surface area contributed by atoms with Crippen LogP contribution in [0, 0.1) is 9.49 Å². The summed E-state index contributed by atoms with van der Waals surface area (Å²) in [4.78, 5) is 25.1. The maximum atomic E-state index is 12.8. The molecule has 0 unspecified atom stereocenters. The normalized spacial score (nSPS) is 12.0. The molecule has 33 heavy (non-hydrogen) atoms. The lowest BCUT2D eigenvalue weighted by Crippen LogP contribution is -2.33. The zero-order chi connectivity index (χ0) is 24.1. The SMILES string of the molecule is CC(C)[C@H](NC(=O)c1ccc(Cl)c(Cl)c1)c1nnc(SCC(=O)Nc2ccc(I)cc2)n1C. The van der Waals surface area contributed by atoms with Gasteiger partial charge in [0.15, 0.2) is 11.0 Å². The number of halogens is 3. The molecule has 1 heterocycles. The molecular weight excluding hydrogens is 596 g/mol. The minimum atomic E-state index is -0.389. The largest absolute Gasteiger partial charge is 0.342 e. The van der Waals surface area contributed by atoms with E-state index in [4.69, 9.17) is 23.2 Å². The summed E-state index contributed by atoms with van der Waals surface area (Å²) in [5.41, 5.74) is 1.14. The van der Waals surface area contributed by atoms with Crippen LogP contribution in [0.4, 0.5) is 5.69 Å². The quantitative estimate of drug-likeness (QED) is 0.254. The summed E-state index contributed by atoms with van der Waals surface area (Å²) in [6.07, 6.45) is 0. The van der Waals surface area contributed by atoms with Crippen LogP contribution in [0.25, 0.3) is 0 Å². The number of thioether (sulfide) groups is 1. The van der Waals surface area contributed by atoms with Gasteiger partial charge in [0.05, 0.1) is 21.8 Å². The first-order valence-corrected chi connectivity index (χ1v) is 12.8. The molecule has 0 fully saturated rings. The van der Waals surface area contributed by atoms with Gasteiger partial charge in [-0.2, -0.15) is 0 Å². The standard InChI is InChI=1S/C22H22Cl2IN5O2S/c1-12(2)19(27-21(32)13-4-9-16(23)17(24)10-13)20-28-29-22(30(20)3)33-11-18(31)26-15-7-5-14(25)6-8-15/h4-10,12,19H,11H2,1-3H3,(H,26,31)(H,27,32)/t19-/m0/s1. The molecule has 3 aromatic rings. The molecule has 1 aromatic heterocycles. The van der Waals surface area contributed by atoms with Crippen LogP contribution >= 0.6 is 57.6 Å². The lowest BCUT2D eigenvalue weighted by Gasteiger charge is -2.22. The van der Waals surface area contributed by atoms with Gasteiger partial charge in [-0.1, -0.05) is 48.8 Å². The summed E-state index contributed by atoms with van der Waals surface area (Å²) in [7, 11) is 1.81. The monoisotopic (exact) mass is 617 g/mol. The number of carbonyl (C=O) groups excluding carboxylic acids is 2. The topological polar surface area (TPSA) is 88.9 Å². The molecular formula is C22H22Cl2IN5O2S. The predicted octanol–water partition coefficient (Wildman–Crippen LogP) is 5.58. The molecule has 11 heteroatoms. The molecule has 2 aromatic carbocycles. The molecule has 1 atom stereocenters. The molecule has 7 nitrogen and oxygen atoms in total. The van der Waals surface area contributed by atoms with E-state index in [0.29, 0.717) is 26.6 Å². The number of carbonyl (C=O) groups is 2. The van der Waals surface area contributed by atoms with Crippen molar-refractivity contribution in [3.63, 3.8) is 0 Å². The maximum absolute atomic E-state index is 12.8. The molecule has 0 aliphatic carbocycles. The Kier molecular flexibility index (Phi) is 9.02. The lowest BCUT2D eigenvalue weighted by molar-refractivity contribution is -0.113. The van der Waals surface area contributed by atoms with E-state index in [2.05, 4.69) is 43.4 Å². The van der Waals surface area contributed by atoms with Crippen molar-refractivity contribution in [1.29, 1.82) is 0 Å². The van der Waals surface area contributed by atoms with E-state index >= 15 is 0 Å². The summed E-state index contributed by atoms with van der Waals surface area (Å²) < 4.78 is 2.89. The molecule has 0 spiro atoms. The van der Waals surface area contributed by atoms with Crippen LogP contribution in [0.15, 0.2) is 47.6 Å². The highest BCUT2D eigenvalue weighted by atomic mass is 127. The van der Waals surface area contributed by atoms with E-state index in [1.165, 1.54) is 17.8 Å². The van der Waals surface area contributed by atoms with E-state index in [-0.39, 0.29) is 29.5 Å². The Morgan fingerprint density at radius 2 is 1.79 bits per heavy atom. The van der Waals surface area contributed by atoms with Gasteiger partial charge in [0.1, 0.15) is 0 Å². The maximum Gasteiger partial charge on any atom is 0.251 e. The predicted molar refractivity (Wildman–Crippen MR) is 141 cm³/mol. The summed E-state index contributed by atoms with van der Waals surface area (Å²) >= 11 is 15.5. The number of nitrogens with zero attached hydrogens (tertiary/aromatic N) is 3.